The monoisotopic (exact) mass is 236 g/mol. The molecule has 0 amide bonds. The van der Waals surface area contributed by atoms with Gasteiger partial charge in [-0.3, -0.25) is 0 Å². The third-order valence-corrected chi connectivity index (χ3v) is 0.591. The maximum atomic E-state index is 9.44. The maximum absolute atomic E-state index is 9.44. The van der Waals surface area contributed by atoms with Crippen LogP contribution in [-0.2, 0) is 9.59 Å². The summed E-state index contributed by atoms with van der Waals surface area (Å²) in [6.07, 6.45) is 0.745. The Morgan fingerprint density at radius 3 is 1.06 bits per heavy atom. The third-order valence-electron chi connectivity index (χ3n) is 0.591. The minimum absolute atomic E-state index is 0.116. The Morgan fingerprint density at radius 1 is 1.00 bits per heavy atom. The smallest absolute Gasteiger partial charge is 0.126 e. The van der Waals surface area contributed by atoms with E-state index in [9.17, 15) is 9.59 Å². The molecule has 0 spiro atoms. The lowest BCUT2D eigenvalue weighted by molar-refractivity contribution is -0.115. The maximum Gasteiger partial charge on any atom is 0.126 e. The van der Waals surface area contributed by atoms with Crippen molar-refractivity contribution in [1.82, 2.24) is 0 Å². The van der Waals surface area contributed by atoms with Gasteiger partial charge in [0.1, 0.15) is 11.6 Å². The van der Waals surface area contributed by atoms with Crippen LogP contribution < -0.4 is 0 Å². The van der Waals surface area contributed by atoms with Crippen LogP contribution in [0.25, 0.3) is 0 Å². The van der Waals surface area contributed by atoms with Crippen molar-refractivity contribution >= 4 is 11.6 Å². The van der Waals surface area contributed by atoms with Crippen molar-refractivity contribution in [3.63, 3.8) is 0 Å². The number of aliphatic hydroxyl groups is 2. The SMILES string of the molecule is CC(C)=O.CC(C)=O.CCC(C)O.CCO. The molecule has 0 aromatic carbocycles. The Balaban J connectivity index is -0.0000000610. The molecule has 0 heterocycles. The van der Waals surface area contributed by atoms with E-state index in [0.29, 0.717) is 0 Å². The first-order valence-corrected chi connectivity index (χ1v) is 5.38. The molecule has 0 aliphatic heterocycles. The van der Waals surface area contributed by atoms with Gasteiger partial charge in [0.15, 0.2) is 0 Å². The molecule has 0 saturated heterocycles. The van der Waals surface area contributed by atoms with E-state index in [2.05, 4.69) is 0 Å². The second kappa shape index (κ2) is 23.8. The molecule has 0 aromatic rings. The molecular formula is C12H28O4. The number of ketones is 2. The molecular weight excluding hydrogens is 208 g/mol. The van der Waals surface area contributed by atoms with Gasteiger partial charge in [-0.2, -0.15) is 0 Å². The van der Waals surface area contributed by atoms with Gasteiger partial charge in [-0.25, -0.2) is 0 Å². The molecule has 16 heavy (non-hydrogen) atoms. The van der Waals surface area contributed by atoms with Crippen molar-refractivity contribution in [2.75, 3.05) is 6.61 Å². The third kappa shape index (κ3) is 1260. The van der Waals surface area contributed by atoms with Crippen LogP contribution in [-0.4, -0.2) is 34.5 Å². The molecule has 0 radical (unpaired) electrons. The fraction of sp³-hybridized carbons (Fsp3) is 0.833. The van der Waals surface area contributed by atoms with E-state index in [1.165, 1.54) is 27.7 Å². The second-order valence-corrected chi connectivity index (χ2v) is 3.39. The van der Waals surface area contributed by atoms with Crippen molar-refractivity contribution in [3.05, 3.63) is 0 Å². The average Bonchev–Trinajstić information content (AvgIpc) is 2.03. The predicted octanol–water partition coefficient (Wildman–Crippen LogP) is 1.97. The van der Waals surface area contributed by atoms with Crippen LogP contribution in [0.1, 0.15) is 54.9 Å². The Hall–Kier alpha value is -0.740. The van der Waals surface area contributed by atoms with E-state index in [1.54, 1.807) is 13.8 Å². The number of Topliss-reactive ketones (excluding diaryl/α,β-unsaturated/α-hetero) is 2. The Labute approximate surface area is 99.7 Å². The summed E-state index contributed by atoms with van der Waals surface area (Å²) in [6.45, 7) is 11.8. The van der Waals surface area contributed by atoms with Crippen LogP contribution >= 0.6 is 0 Å². The highest BCUT2D eigenvalue weighted by molar-refractivity contribution is 5.72. The molecule has 1 unspecified atom stereocenters. The molecule has 0 rings (SSSR count). The first-order valence-electron chi connectivity index (χ1n) is 5.38. The van der Waals surface area contributed by atoms with Gasteiger partial charge in [-0.15, -0.1) is 0 Å². The zero-order valence-corrected chi connectivity index (χ0v) is 11.7. The molecule has 0 aliphatic carbocycles. The highest BCUT2D eigenvalue weighted by Crippen LogP contribution is 1.81. The first-order chi connectivity index (χ1) is 7.15. The van der Waals surface area contributed by atoms with E-state index in [4.69, 9.17) is 10.2 Å². The summed E-state index contributed by atoms with van der Waals surface area (Å²) in [5.41, 5.74) is 0. The number of rotatable bonds is 1. The summed E-state index contributed by atoms with van der Waals surface area (Å²) in [6, 6.07) is 0. The zero-order chi connectivity index (χ0) is 14.1. The van der Waals surface area contributed by atoms with Crippen LogP contribution in [0.15, 0.2) is 0 Å². The van der Waals surface area contributed by atoms with Gasteiger partial charge in [0.2, 0.25) is 0 Å². The van der Waals surface area contributed by atoms with E-state index in [-0.39, 0.29) is 24.3 Å². The minimum atomic E-state index is -0.116. The standard InChI is InChI=1S/C4H10O.2C3H6O.C2H6O/c1-3-4(2)5;2*1-3(2)4;1-2-3/h4-5H,3H2,1-2H3;2*1-2H3;3H,2H2,1H3. The lowest BCUT2D eigenvalue weighted by Crippen LogP contribution is -1.93. The largest absolute Gasteiger partial charge is 0.397 e. The predicted molar refractivity (Wildman–Crippen MR) is 67.4 cm³/mol. The van der Waals surface area contributed by atoms with Gasteiger partial charge in [0.25, 0.3) is 0 Å². The van der Waals surface area contributed by atoms with Gasteiger partial charge in [-0.05, 0) is 48.0 Å². The summed E-state index contributed by atoms with van der Waals surface area (Å²) in [7, 11) is 0. The van der Waals surface area contributed by atoms with Crippen molar-refractivity contribution in [2.24, 2.45) is 0 Å². The van der Waals surface area contributed by atoms with Crippen LogP contribution in [0.4, 0.5) is 0 Å². The van der Waals surface area contributed by atoms with Crippen LogP contribution in [0, 0.1) is 0 Å². The highest BCUT2D eigenvalue weighted by atomic mass is 16.3. The zero-order valence-electron chi connectivity index (χ0n) is 11.7. The Bertz CT molecular complexity index is 122. The summed E-state index contributed by atoms with van der Waals surface area (Å²) in [4.78, 5) is 18.9. The first kappa shape index (κ1) is 24.5. The fourth-order valence-electron chi connectivity index (χ4n) is 0. The fourth-order valence-corrected chi connectivity index (χ4v) is 0. The van der Waals surface area contributed by atoms with Crippen LogP contribution in [0.2, 0.25) is 0 Å². The summed E-state index contributed by atoms with van der Waals surface area (Å²) in [5.74, 6) is 0.333. The van der Waals surface area contributed by atoms with E-state index >= 15 is 0 Å². The molecule has 0 aromatic heterocycles. The summed E-state index contributed by atoms with van der Waals surface area (Å²) >= 11 is 0. The number of aliphatic hydroxyl groups excluding tert-OH is 2. The molecule has 1 atom stereocenters. The average molecular weight is 236 g/mol. The number of hydrogen-bond donors (Lipinski definition) is 2. The molecule has 4 heteroatoms. The van der Waals surface area contributed by atoms with Crippen LogP contribution in [0.3, 0.4) is 0 Å². The molecule has 0 bridgehead atoms. The molecule has 2 N–H and O–H groups in total. The number of carbonyl (C=O) groups excluding carboxylic acids is 2. The molecule has 0 fully saturated rings. The van der Waals surface area contributed by atoms with Gasteiger partial charge in [0, 0.05) is 6.61 Å². The van der Waals surface area contributed by atoms with Crippen molar-refractivity contribution < 1.29 is 19.8 Å². The molecule has 0 aliphatic rings. The second-order valence-electron chi connectivity index (χ2n) is 3.39. The van der Waals surface area contributed by atoms with Crippen molar-refractivity contribution in [1.29, 1.82) is 0 Å². The van der Waals surface area contributed by atoms with E-state index in [0.717, 1.165) is 6.42 Å². The lowest BCUT2D eigenvalue weighted by atomic mass is 10.3. The minimum Gasteiger partial charge on any atom is -0.397 e. The van der Waals surface area contributed by atoms with Gasteiger partial charge < -0.3 is 19.8 Å². The number of carbonyl (C=O) groups is 2. The molecule has 100 valence electrons. The van der Waals surface area contributed by atoms with Gasteiger partial charge >= 0.3 is 0 Å². The normalized spacial score (nSPS) is 9.06. The Kier molecular flexibility index (Phi) is 36.4. The quantitative estimate of drug-likeness (QED) is 0.730. The number of hydrogen-bond acceptors (Lipinski definition) is 4. The summed E-state index contributed by atoms with van der Waals surface area (Å²) in [5, 5.41) is 15.9. The van der Waals surface area contributed by atoms with E-state index in [1.807, 2.05) is 6.92 Å². The molecule has 4 nitrogen and oxygen atoms in total. The molecule has 0 saturated carbocycles. The van der Waals surface area contributed by atoms with E-state index < -0.39 is 0 Å². The van der Waals surface area contributed by atoms with Crippen LogP contribution in [0.5, 0.6) is 0 Å². The van der Waals surface area contributed by atoms with Gasteiger partial charge in [0.05, 0.1) is 6.10 Å². The Morgan fingerprint density at radius 2 is 1.06 bits per heavy atom. The van der Waals surface area contributed by atoms with Crippen molar-refractivity contribution in [3.8, 4) is 0 Å². The highest BCUT2D eigenvalue weighted by Gasteiger charge is 1.81. The lowest BCUT2D eigenvalue weighted by Gasteiger charge is -1.90. The van der Waals surface area contributed by atoms with Crippen molar-refractivity contribution in [2.45, 2.75) is 61.0 Å². The topological polar surface area (TPSA) is 74.6 Å². The summed E-state index contributed by atoms with van der Waals surface area (Å²) < 4.78 is 0. The van der Waals surface area contributed by atoms with Gasteiger partial charge in [-0.1, -0.05) is 6.92 Å².